The maximum atomic E-state index is 12.4. The van der Waals surface area contributed by atoms with Crippen LogP contribution >= 0.6 is 11.8 Å². The summed E-state index contributed by atoms with van der Waals surface area (Å²) in [4.78, 5) is 23.8. The topological polar surface area (TPSA) is 90.7 Å². The molecule has 132 valence electrons. The highest BCUT2D eigenvalue weighted by Crippen LogP contribution is 2.25. The van der Waals surface area contributed by atoms with Crippen LogP contribution in [0.5, 0.6) is 11.5 Å². The fraction of sp³-hybridized carbons (Fsp3) is 0.235. The summed E-state index contributed by atoms with van der Waals surface area (Å²) in [7, 11) is 3.07. The fourth-order valence-electron chi connectivity index (χ4n) is 2.23. The van der Waals surface area contributed by atoms with E-state index in [-0.39, 0.29) is 17.8 Å². The first-order valence-corrected chi connectivity index (χ1v) is 8.53. The lowest BCUT2D eigenvalue weighted by Gasteiger charge is -2.10. The summed E-state index contributed by atoms with van der Waals surface area (Å²) >= 11 is 1.41. The van der Waals surface area contributed by atoms with Gasteiger partial charge in [-0.2, -0.15) is 0 Å². The lowest BCUT2D eigenvalue weighted by Crippen LogP contribution is -2.23. The first-order chi connectivity index (χ1) is 12.0. The van der Waals surface area contributed by atoms with Crippen molar-refractivity contribution in [3.8, 4) is 11.5 Å². The zero-order valence-electron chi connectivity index (χ0n) is 14.1. The molecule has 0 aliphatic rings. The smallest absolute Gasteiger partial charge is 0.282 e. The van der Waals surface area contributed by atoms with Crippen LogP contribution in [-0.2, 0) is 6.54 Å². The van der Waals surface area contributed by atoms with Crippen LogP contribution in [0.3, 0.4) is 0 Å². The van der Waals surface area contributed by atoms with E-state index in [1.807, 2.05) is 6.26 Å². The van der Waals surface area contributed by atoms with Gasteiger partial charge in [-0.3, -0.25) is 14.9 Å². The zero-order chi connectivity index (χ0) is 18.4. The monoisotopic (exact) mass is 362 g/mol. The van der Waals surface area contributed by atoms with Crippen LogP contribution in [0.2, 0.25) is 0 Å². The molecule has 25 heavy (non-hydrogen) atoms. The minimum absolute atomic E-state index is 0.0340. The molecule has 2 aromatic rings. The standard InChI is InChI=1S/C17H18N2O5S/c1-23-12-6-11(7-13(8-12)24-2)10-18-17(20)15-9-14(25-3)4-5-16(15)19(21)22/h4-9H,10H2,1-3H3,(H,18,20). The Morgan fingerprint density at radius 1 is 1.16 bits per heavy atom. The predicted molar refractivity (Wildman–Crippen MR) is 95.6 cm³/mol. The minimum Gasteiger partial charge on any atom is -0.497 e. The van der Waals surface area contributed by atoms with Gasteiger partial charge in [0.15, 0.2) is 0 Å². The van der Waals surface area contributed by atoms with Gasteiger partial charge in [-0.15, -0.1) is 11.8 Å². The summed E-state index contributed by atoms with van der Waals surface area (Å²) in [6.07, 6.45) is 1.84. The number of hydrogen-bond donors (Lipinski definition) is 1. The van der Waals surface area contributed by atoms with E-state index in [9.17, 15) is 14.9 Å². The Bertz CT molecular complexity index is 772. The Morgan fingerprint density at radius 3 is 2.32 bits per heavy atom. The summed E-state index contributed by atoms with van der Waals surface area (Å²) in [5.74, 6) is 0.683. The van der Waals surface area contributed by atoms with Gasteiger partial charge in [0.1, 0.15) is 17.1 Å². The highest BCUT2D eigenvalue weighted by molar-refractivity contribution is 7.98. The Kier molecular flexibility index (Phi) is 6.24. The van der Waals surface area contributed by atoms with Gasteiger partial charge >= 0.3 is 0 Å². The van der Waals surface area contributed by atoms with Crippen LogP contribution in [0.4, 0.5) is 5.69 Å². The molecule has 0 heterocycles. The number of nitro benzene ring substituents is 1. The normalized spacial score (nSPS) is 10.2. The molecule has 0 atom stereocenters. The number of nitrogens with one attached hydrogen (secondary N) is 1. The third kappa shape index (κ3) is 4.63. The molecule has 0 unspecified atom stereocenters. The van der Waals surface area contributed by atoms with Crippen molar-refractivity contribution in [2.24, 2.45) is 0 Å². The second-order valence-corrected chi connectivity index (χ2v) is 5.92. The molecule has 0 spiro atoms. The summed E-state index contributed by atoms with van der Waals surface area (Å²) in [6.45, 7) is 0.188. The van der Waals surface area contributed by atoms with Crippen LogP contribution < -0.4 is 14.8 Å². The van der Waals surface area contributed by atoms with E-state index in [1.54, 1.807) is 24.3 Å². The molecular formula is C17H18N2O5S. The number of hydrogen-bond acceptors (Lipinski definition) is 6. The molecule has 0 aromatic heterocycles. The van der Waals surface area contributed by atoms with Crippen LogP contribution in [0.1, 0.15) is 15.9 Å². The summed E-state index contributed by atoms with van der Waals surface area (Å²) in [5, 5.41) is 13.9. The van der Waals surface area contributed by atoms with Crippen LogP contribution in [-0.4, -0.2) is 31.3 Å². The van der Waals surface area contributed by atoms with Crippen molar-refractivity contribution in [1.82, 2.24) is 5.32 Å². The Labute approximate surface area is 149 Å². The molecule has 0 saturated heterocycles. The molecule has 1 amide bonds. The first-order valence-electron chi connectivity index (χ1n) is 7.31. The van der Waals surface area contributed by atoms with Crippen molar-refractivity contribution in [3.05, 3.63) is 57.6 Å². The molecule has 0 radical (unpaired) electrons. The number of nitro groups is 1. The van der Waals surface area contributed by atoms with Crippen molar-refractivity contribution in [3.63, 3.8) is 0 Å². The molecule has 1 N–H and O–H groups in total. The first kappa shape index (κ1) is 18.6. The van der Waals surface area contributed by atoms with Crippen LogP contribution in [0.15, 0.2) is 41.3 Å². The summed E-state index contributed by atoms with van der Waals surface area (Å²) in [6, 6.07) is 9.72. The third-order valence-corrected chi connectivity index (χ3v) is 4.23. The maximum Gasteiger partial charge on any atom is 0.282 e. The van der Waals surface area contributed by atoms with E-state index in [0.29, 0.717) is 11.5 Å². The molecule has 0 saturated carbocycles. The van der Waals surface area contributed by atoms with E-state index in [4.69, 9.17) is 9.47 Å². The van der Waals surface area contributed by atoms with Crippen molar-refractivity contribution < 1.29 is 19.2 Å². The molecular weight excluding hydrogens is 344 g/mol. The van der Waals surface area contributed by atoms with Gasteiger partial charge in [0.2, 0.25) is 0 Å². The van der Waals surface area contributed by atoms with E-state index in [2.05, 4.69) is 5.32 Å². The van der Waals surface area contributed by atoms with Gasteiger partial charge in [-0.1, -0.05) is 0 Å². The second kappa shape index (κ2) is 8.39. The van der Waals surface area contributed by atoms with Crippen molar-refractivity contribution in [1.29, 1.82) is 0 Å². The summed E-state index contributed by atoms with van der Waals surface area (Å²) in [5.41, 5.74) is 0.568. The largest absolute Gasteiger partial charge is 0.497 e. The Morgan fingerprint density at radius 2 is 1.80 bits per heavy atom. The molecule has 8 heteroatoms. The Balaban J connectivity index is 2.22. The second-order valence-electron chi connectivity index (χ2n) is 5.04. The number of nitrogens with zero attached hydrogens (tertiary/aromatic N) is 1. The van der Waals surface area contributed by atoms with E-state index in [1.165, 1.54) is 38.1 Å². The Hall–Kier alpha value is -2.74. The lowest BCUT2D eigenvalue weighted by atomic mass is 10.1. The van der Waals surface area contributed by atoms with E-state index >= 15 is 0 Å². The molecule has 0 bridgehead atoms. The third-order valence-electron chi connectivity index (χ3n) is 3.51. The van der Waals surface area contributed by atoms with Crippen molar-refractivity contribution in [2.75, 3.05) is 20.5 Å². The maximum absolute atomic E-state index is 12.4. The van der Waals surface area contributed by atoms with E-state index < -0.39 is 10.8 Å². The number of benzene rings is 2. The molecule has 0 aliphatic carbocycles. The van der Waals surface area contributed by atoms with Gasteiger partial charge in [0.05, 0.1) is 19.1 Å². The average molecular weight is 362 g/mol. The number of thioether (sulfide) groups is 1. The number of amides is 1. The lowest BCUT2D eigenvalue weighted by molar-refractivity contribution is -0.385. The van der Waals surface area contributed by atoms with Gasteiger partial charge in [0, 0.05) is 23.6 Å². The van der Waals surface area contributed by atoms with Gasteiger partial charge in [-0.25, -0.2) is 0 Å². The molecule has 2 aromatic carbocycles. The quantitative estimate of drug-likeness (QED) is 0.462. The number of carbonyl (C=O) groups is 1. The number of rotatable bonds is 7. The van der Waals surface area contributed by atoms with Gasteiger partial charge in [0.25, 0.3) is 11.6 Å². The highest BCUT2D eigenvalue weighted by atomic mass is 32.2. The van der Waals surface area contributed by atoms with Gasteiger partial charge < -0.3 is 14.8 Å². The molecule has 0 fully saturated rings. The zero-order valence-corrected chi connectivity index (χ0v) is 14.9. The van der Waals surface area contributed by atoms with E-state index in [0.717, 1.165) is 10.5 Å². The SMILES string of the molecule is COc1cc(CNC(=O)c2cc(SC)ccc2[N+](=O)[O-])cc(OC)c1. The number of methoxy groups -OCH3 is 2. The van der Waals surface area contributed by atoms with Crippen LogP contribution in [0, 0.1) is 10.1 Å². The molecule has 0 aliphatic heterocycles. The minimum atomic E-state index is -0.562. The molecule has 7 nitrogen and oxygen atoms in total. The average Bonchev–Trinajstić information content (AvgIpc) is 2.64. The predicted octanol–water partition coefficient (Wildman–Crippen LogP) is 3.26. The summed E-state index contributed by atoms with van der Waals surface area (Å²) < 4.78 is 10.4. The molecule has 2 rings (SSSR count). The van der Waals surface area contributed by atoms with Crippen molar-refractivity contribution in [2.45, 2.75) is 11.4 Å². The van der Waals surface area contributed by atoms with Gasteiger partial charge in [-0.05, 0) is 36.1 Å². The highest BCUT2D eigenvalue weighted by Gasteiger charge is 2.20. The number of ether oxygens (including phenoxy) is 2. The fourth-order valence-corrected chi connectivity index (χ4v) is 2.67. The van der Waals surface area contributed by atoms with Crippen molar-refractivity contribution >= 4 is 23.4 Å². The number of carbonyl (C=O) groups excluding carboxylic acids is 1. The van der Waals surface area contributed by atoms with Crippen LogP contribution in [0.25, 0.3) is 0 Å².